The first-order valence-electron chi connectivity index (χ1n) is 15.8. The number of rotatable bonds is 10. The molecule has 0 heterocycles. The van der Waals surface area contributed by atoms with Crippen LogP contribution in [0.25, 0.3) is 0 Å². The van der Waals surface area contributed by atoms with Gasteiger partial charge in [-0.3, -0.25) is 0 Å². The summed E-state index contributed by atoms with van der Waals surface area (Å²) < 4.78 is 34.5. The van der Waals surface area contributed by atoms with Gasteiger partial charge in [0.05, 0.1) is 0 Å². The van der Waals surface area contributed by atoms with Gasteiger partial charge in [-0.05, 0) is 129 Å². The molecule has 0 bridgehead atoms. The van der Waals surface area contributed by atoms with Crippen LogP contribution < -0.4 is 4.74 Å². The van der Waals surface area contributed by atoms with Gasteiger partial charge in [0, 0.05) is 0 Å². The summed E-state index contributed by atoms with van der Waals surface area (Å²) in [5.74, 6) is 3.87. The Labute approximate surface area is 235 Å². The minimum atomic E-state index is -0.900. The van der Waals surface area contributed by atoms with Crippen molar-refractivity contribution < 1.29 is 13.5 Å². The lowest BCUT2D eigenvalue weighted by Crippen LogP contribution is -2.34. The van der Waals surface area contributed by atoms with Gasteiger partial charge < -0.3 is 4.74 Å². The Hall–Kier alpha value is -2.16. The lowest BCUT2D eigenvalue weighted by atomic mass is 9.60. The lowest BCUT2D eigenvalue weighted by molar-refractivity contribution is 0.0618. The Kier molecular flexibility index (Phi) is 9.80. The molecule has 3 heteroatoms. The predicted molar refractivity (Wildman–Crippen MR) is 157 cm³/mol. The molecule has 3 fully saturated rings. The molecule has 0 aromatic heterocycles. The zero-order valence-corrected chi connectivity index (χ0v) is 24.0. The number of aryl methyl sites for hydroxylation is 1. The molecule has 212 valence electrons. The molecular weight excluding hydrogens is 486 g/mol. The van der Waals surface area contributed by atoms with E-state index in [9.17, 15) is 8.78 Å². The van der Waals surface area contributed by atoms with Gasteiger partial charge in [0.2, 0.25) is 5.82 Å². The van der Waals surface area contributed by atoms with Gasteiger partial charge >= 0.3 is 0 Å². The van der Waals surface area contributed by atoms with Crippen LogP contribution in [0.4, 0.5) is 8.78 Å². The highest BCUT2D eigenvalue weighted by Crippen LogP contribution is 2.50. The highest BCUT2D eigenvalue weighted by molar-refractivity contribution is 5.32. The Morgan fingerprint density at radius 3 is 2.18 bits per heavy atom. The van der Waals surface area contributed by atoms with E-state index in [0.717, 1.165) is 35.2 Å². The monoisotopic (exact) mass is 534 g/mol. The molecule has 0 spiro atoms. The van der Waals surface area contributed by atoms with Crippen LogP contribution in [0.3, 0.4) is 0 Å². The minimum absolute atomic E-state index is 0.0275. The maximum Gasteiger partial charge on any atom is 0.200 e. The van der Waals surface area contributed by atoms with Gasteiger partial charge in [-0.25, -0.2) is 4.39 Å². The topological polar surface area (TPSA) is 9.23 Å². The SMILES string of the molecule is C=CCCc1ccc(OCc2ccc(C3CCC(C4CCC5CC(CCC)CCC5C4)CC3)cc2)c(F)c1F. The zero-order chi connectivity index (χ0) is 27.2. The van der Waals surface area contributed by atoms with Crippen molar-refractivity contribution in [3.63, 3.8) is 0 Å². The third-order valence-electron chi connectivity index (χ3n) is 10.5. The van der Waals surface area contributed by atoms with Crippen LogP contribution in [-0.2, 0) is 13.0 Å². The van der Waals surface area contributed by atoms with Crippen LogP contribution in [0, 0.1) is 41.2 Å². The molecule has 0 N–H and O–H groups in total. The van der Waals surface area contributed by atoms with Crippen LogP contribution >= 0.6 is 0 Å². The zero-order valence-electron chi connectivity index (χ0n) is 24.0. The number of halogens is 2. The van der Waals surface area contributed by atoms with E-state index in [2.05, 4.69) is 37.8 Å². The van der Waals surface area contributed by atoms with E-state index in [1.54, 1.807) is 12.1 Å². The van der Waals surface area contributed by atoms with Gasteiger partial charge in [-0.2, -0.15) is 4.39 Å². The van der Waals surface area contributed by atoms with Crippen molar-refractivity contribution in [2.75, 3.05) is 0 Å². The van der Waals surface area contributed by atoms with Crippen LogP contribution in [0.2, 0.25) is 0 Å². The van der Waals surface area contributed by atoms with Crippen molar-refractivity contribution in [1.29, 1.82) is 0 Å². The molecule has 2 aromatic rings. The molecule has 0 aliphatic heterocycles. The smallest absolute Gasteiger partial charge is 0.200 e. The highest BCUT2D eigenvalue weighted by atomic mass is 19.2. The lowest BCUT2D eigenvalue weighted by Gasteiger charge is -2.45. The summed E-state index contributed by atoms with van der Waals surface area (Å²) in [6.07, 6.45) is 19.9. The highest BCUT2D eigenvalue weighted by Gasteiger charge is 2.38. The fourth-order valence-corrected chi connectivity index (χ4v) is 8.23. The predicted octanol–water partition coefficient (Wildman–Crippen LogP) is 10.6. The van der Waals surface area contributed by atoms with Crippen LogP contribution in [0.1, 0.15) is 113 Å². The number of ether oxygens (including phenoxy) is 1. The van der Waals surface area contributed by atoms with Gasteiger partial charge in [0.25, 0.3) is 0 Å². The van der Waals surface area contributed by atoms with Crippen molar-refractivity contribution in [1.82, 2.24) is 0 Å². The van der Waals surface area contributed by atoms with Gasteiger partial charge in [-0.15, -0.1) is 6.58 Å². The fraction of sp³-hybridized carbons (Fsp3) is 0.611. The first-order valence-corrected chi connectivity index (χ1v) is 15.8. The van der Waals surface area contributed by atoms with E-state index in [1.807, 2.05) is 0 Å². The van der Waals surface area contributed by atoms with Crippen molar-refractivity contribution in [3.05, 3.63) is 77.4 Å². The molecule has 0 saturated heterocycles. The Balaban J connectivity index is 1.08. The normalized spacial score (nSPS) is 29.0. The number of hydrogen-bond donors (Lipinski definition) is 0. The maximum atomic E-state index is 14.5. The van der Waals surface area contributed by atoms with E-state index < -0.39 is 11.6 Å². The van der Waals surface area contributed by atoms with Gasteiger partial charge in [0.15, 0.2) is 11.6 Å². The summed E-state index contributed by atoms with van der Waals surface area (Å²) in [5, 5.41) is 0. The molecule has 3 aliphatic rings. The van der Waals surface area contributed by atoms with Crippen LogP contribution in [0.15, 0.2) is 49.1 Å². The van der Waals surface area contributed by atoms with Crippen molar-refractivity contribution >= 4 is 0 Å². The third-order valence-corrected chi connectivity index (χ3v) is 10.5. The summed E-state index contributed by atoms with van der Waals surface area (Å²) in [6.45, 7) is 6.23. The summed E-state index contributed by atoms with van der Waals surface area (Å²) in [5.41, 5.74) is 2.76. The Morgan fingerprint density at radius 1 is 0.795 bits per heavy atom. The molecular formula is C36H48F2O. The number of benzene rings is 2. The number of fused-ring (bicyclic) bond motifs is 1. The van der Waals surface area contributed by atoms with Crippen molar-refractivity contribution in [3.8, 4) is 5.75 Å². The Morgan fingerprint density at radius 2 is 1.46 bits per heavy atom. The first kappa shape index (κ1) is 28.4. The summed E-state index contributed by atoms with van der Waals surface area (Å²) in [6, 6.07) is 11.8. The molecule has 4 unspecified atom stereocenters. The van der Waals surface area contributed by atoms with E-state index in [0.29, 0.717) is 24.3 Å². The second-order valence-corrected chi connectivity index (χ2v) is 12.9. The van der Waals surface area contributed by atoms with E-state index in [-0.39, 0.29) is 12.4 Å². The molecule has 1 nitrogen and oxygen atoms in total. The average Bonchev–Trinajstić information content (AvgIpc) is 2.98. The summed E-state index contributed by atoms with van der Waals surface area (Å²) in [4.78, 5) is 0. The molecule has 2 aromatic carbocycles. The Bertz CT molecular complexity index is 1070. The molecule has 5 rings (SSSR count). The largest absolute Gasteiger partial charge is 0.486 e. The van der Waals surface area contributed by atoms with E-state index >= 15 is 0 Å². The molecule has 4 atom stereocenters. The van der Waals surface area contributed by atoms with E-state index in [1.165, 1.54) is 88.7 Å². The average molecular weight is 535 g/mol. The van der Waals surface area contributed by atoms with Gasteiger partial charge in [-0.1, -0.05) is 62.6 Å². The molecule has 0 radical (unpaired) electrons. The minimum Gasteiger partial charge on any atom is -0.486 e. The first-order chi connectivity index (χ1) is 19.1. The second-order valence-electron chi connectivity index (χ2n) is 12.9. The van der Waals surface area contributed by atoms with Crippen molar-refractivity contribution in [2.45, 2.75) is 109 Å². The second kappa shape index (κ2) is 13.5. The standard InChI is InChI=1S/C36H48F2O/c1-3-5-7-30-20-21-34(36(38)35(30)37)39-24-26-9-11-27(12-10-26)28-14-16-29(17-15-28)32-19-18-31-22-25(6-4-2)8-13-33(31)23-32/h3,9-12,20-21,25,28-29,31-33H,1,4-8,13-19,22-24H2,2H3. The molecule has 39 heavy (non-hydrogen) atoms. The van der Waals surface area contributed by atoms with E-state index in [4.69, 9.17) is 4.74 Å². The van der Waals surface area contributed by atoms with Gasteiger partial charge in [0.1, 0.15) is 6.61 Å². The third kappa shape index (κ3) is 6.95. The fourth-order valence-electron chi connectivity index (χ4n) is 8.23. The maximum absolute atomic E-state index is 14.5. The quantitative estimate of drug-likeness (QED) is 0.275. The number of allylic oxidation sites excluding steroid dienone is 1. The number of hydrogen-bond acceptors (Lipinski definition) is 1. The molecule has 3 saturated carbocycles. The summed E-state index contributed by atoms with van der Waals surface area (Å²) >= 11 is 0. The molecule has 0 amide bonds. The summed E-state index contributed by atoms with van der Waals surface area (Å²) in [7, 11) is 0. The van der Waals surface area contributed by atoms with Crippen molar-refractivity contribution in [2.24, 2.45) is 29.6 Å². The van der Waals surface area contributed by atoms with Crippen LogP contribution in [-0.4, -0.2) is 0 Å². The van der Waals surface area contributed by atoms with Crippen LogP contribution in [0.5, 0.6) is 5.75 Å². The molecule has 3 aliphatic carbocycles.